The second kappa shape index (κ2) is 6.90. The molecule has 0 atom stereocenters. The van der Waals surface area contributed by atoms with Crippen LogP contribution in [0.1, 0.15) is 15.9 Å². The number of hydrogen-bond acceptors (Lipinski definition) is 3. The molecule has 4 N–H and O–H groups in total. The molecule has 6 heteroatoms. The van der Waals surface area contributed by atoms with Gasteiger partial charge in [0.05, 0.1) is 0 Å². The first-order valence-electron chi connectivity index (χ1n) is 6.24. The van der Waals surface area contributed by atoms with E-state index in [0.717, 1.165) is 10.0 Å². The second-order valence-corrected chi connectivity index (χ2v) is 5.30. The highest BCUT2D eigenvalue weighted by Crippen LogP contribution is 2.11. The van der Waals surface area contributed by atoms with Crippen molar-refractivity contribution in [1.82, 2.24) is 10.6 Å². The molecule has 0 unspecified atom stereocenters. The zero-order valence-corrected chi connectivity index (χ0v) is 12.7. The van der Waals surface area contributed by atoms with Crippen molar-refractivity contribution in [2.45, 2.75) is 6.54 Å². The maximum atomic E-state index is 11.8. The third kappa shape index (κ3) is 4.61. The van der Waals surface area contributed by atoms with Crippen LogP contribution in [0.15, 0.2) is 53.0 Å². The zero-order chi connectivity index (χ0) is 15.2. The number of benzene rings is 2. The van der Waals surface area contributed by atoms with Gasteiger partial charge in [-0.05, 0) is 42.0 Å². The summed E-state index contributed by atoms with van der Waals surface area (Å²) in [6.07, 6.45) is 0. The summed E-state index contributed by atoms with van der Waals surface area (Å²) >= 11 is 3.35. The summed E-state index contributed by atoms with van der Waals surface area (Å²) < 4.78 is 0.931. The fraction of sp³-hybridized carbons (Fsp3) is 0.0667. The van der Waals surface area contributed by atoms with E-state index in [1.54, 1.807) is 24.3 Å². The molecule has 2 aromatic carbocycles. The van der Waals surface area contributed by atoms with Crippen molar-refractivity contribution in [3.63, 3.8) is 0 Å². The number of hydrogen-bond donors (Lipinski definition) is 3. The summed E-state index contributed by atoms with van der Waals surface area (Å²) in [5.74, 6) is -0.471. The molecule has 108 valence electrons. The second-order valence-electron chi connectivity index (χ2n) is 4.39. The van der Waals surface area contributed by atoms with Crippen molar-refractivity contribution in [2.24, 2.45) is 0 Å². The average molecular weight is 348 g/mol. The van der Waals surface area contributed by atoms with Crippen molar-refractivity contribution in [2.75, 3.05) is 5.73 Å². The van der Waals surface area contributed by atoms with Crippen molar-refractivity contribution >= 4 is 33.6 Å². The number of amides is 3. The van der Waals surface area contributed by atoms with Gasteiger partial charge in [-0.15, -0.1) is 0 Å². The lowest BCUT2D eigenvalue weighted by atomic mass is 10.2. The van der Waals surface area contributed by atoms with Gasteiger partial charge in [-0.2, -0.15) is 0 Å². The molecule has 0 aliphatic heterocycles. The molecule has 5 nitrogen and oxygen atoms in total. The molecule has 2 aromatic rings. The van der Waals surface area contributed by atoms with Crippen molar-refractivity contribution in [3.05, 3.63) is 64.1 Å². The van der Waals surface area contributed by atoms with Crippen LogP contribution in [0.2, 0.25) is 0 Å². The first-order valence-corrected chi connectivity index (χ1v) is 7.03. The number of nitrogen functional groups attached to an aromatic ring is 1. The molecule has 0 saturated heterocycles. The van der Waals surface area contributed by atoms with Crippen LogP contribution < -0.4 is 16.4 Å². The molecule has 0 aliphatic carbocycles. The molecule has 3 amide bonds. The Morgan fingerprint density at radius 3 is 2.48 bits per heavy atom. The van der Waals surface area contributed by atoms with Gasteiger partial charge in [-0.1, -0.05) is 28.1 Å². The van der Waals surface area contributed by atoms with Gasteiger partial charge in [-0.25, -0.2) is 4.79 Å². The Morgan fingerprint density at radius 2 is 1.81 bits per heavy atom. The Kier molecular flexibility index (Phi) is 4.94. The summed E-state index contributed by atoms with van der Waals surface area (Å²) in [7, 11) is 0. The number of urea groups is 1. The van der Waals surface area contributed by atoms with Crippen LogP contribution in [0, 0.1) is 0 Å². The van der Waals surface area contributed by atoms with Crippen LogP contribution in [0.4, 0.5) is 10.5 Å². The Labute approximate surface area is 130 Å². The Morgan fingerprint density at radius 1 is 1.10 bits per heavy atom. The van der Waals surface area contributed by atoms with Gasteiger partial charge >= 0.3 is 6.03 Å². The summed E-state index contributed by atoms with van der Waals surface area (Å²) in [5.41, 5.74) is 7.41. The predicted molar refractivity (Wildman–Crippen MR) is 84.7 cm³/mol. The number of imide groups is 1. The Balaban J connectivity index is 1.87. The molecule has 0 heterocycles. The molecule has 0 fully saturated rings. The minimum atomic E-state index is -0.545. The maximum absolute atomic E-state index is 11.8. The summed E-state index contributed by atoms with van der Waals surface area (Å²) in [6, 6.07) is 13.3. The molecule has 0 aromatic heterocycles. The van der Waals surface area contributed by atoms with E-state index in [4.69, 9.17) is 5.73 Å². The van der Waals surface area contributed by atoms with Crippen LogP contribution in [-0.2, 0) is 6.54 Å². The molecule has 2 rings (SSSR count). The van der Waals surface area contributed by atoms with Crippen LogP contribution in [0.5, 0.6) is 0 Å². The van der Waals surface area contributed by atoms with E-state index in [9.17, 15) is 9.59 Å². The first-order chi connectivity index (χ1) is 10.0. The van der Waals surface area contributed by atoms with Gasteiger partial charge in [0.25, 0.3) is 5.91 Å². The largest absolute Gasteiger partial charge is 0.399 e. The smallest absolute Gasteiger partial charge is 0.321 e. The highest BCUT2D eigenvalue weighted by molar-refractivity contribution is 9.10. The molecular formula is C15H14BrN3O2. The molecule has 0 saturated carbocycles. The van der Waals surface area contributed by atoms with Gasteiger partial charge in [0.1, 0.15) is 0 Å². The first kappa shape index (κ1) is 15.1. The third-order valence-electron chi connectivity index (χ3n) is 2.74. The number of carbonyl (C=O) groups is 2. The number of nitrogens with two attached hydrogens (primary N) is 1. The monoisotopic (exact) mass is 347 g/mol. The molecule has 0 bridgehead atoms. The SMILES string of the molecule is Nc1ccc(C(=O)NC(=O)NCc2cccc(Br)c2)cc1. The standard InChI is InChI=1S/C15H14BrN3O2/c16-12-3-1-2-10(8-12)9-18-15(21)19-14(20)11-4-6-13(17)7-5-11/h1-8H,9,17H2,(H2,18,19,20,21). The number of rotatable bonds is 3. The van der Waals surface area contributed by atoms with Crippen molar-refractivity contribution < 1.29 is 9.59 Å². The van der Waals surface area contributed by atoms with Gasteiger partial charge in [0.2, 0.25) is 0 Å². The quantitative estimate of drug-likeness (QED) is 0.746. The van der Waals surface area contributed by atoms with E-state index >= 15 is 0 Å². The van der Waals surface area contributed by atoms with Crippen LogP contribution in [0.25, 0.3) is 0 Å². The van der Waals surface area contributed by atoms with Gasteiger partial charge in [0, 0.05) is 22.3 Å². The maximum Gasteiger partial charge on any atom is 0.321 e. The van der Waals surface area contributed by atoms with Gasteiger partial charge < -0.3 is 11.1 Å². The van der Waals surface area contributed by atoms with E-state index in [0.29, 0.717) is 17.8 Å². The lowest BCUT2D eigenvalue weighted by Gasteiger charge is -2.07. The molecule has 0 radical (unpaired) electrons. The van der Waals surface area contributed by atoms with Crippen molar-refractivity contribution in [3.8, 4) is 0 Å². The number of nitrogens with one attached hydrogen (secondary N) is 2. The molecular weight excluding hydrogens is 334 g/mol. The molecule has 21 heavy (non-hydrogen) atoms. The summed E-state index contributed by atoms with van der Waals surface area (Å²) in [4.78, 5) is 23.5. The molecule has 0 aliphatic rings. The van der Waals surface area contributed by atoms with E-state index in [1.165, 1.54) is 0 Å². The predicted octanol–water partition coefficient (Wildman–Crippen LogP) is 2.67. The number of anilines is 1. The number of carbonyl (C=O) groups excluding carboxylic acids is 2. The van der Waals surface area contributed by atoms with Crippen LogP contribution in [0.3, 0.4) is 0 Å². The fourth-order valence-electron chi connectivity index (χ4n) is 1.68. The van der Waals surface area contributed by atoms with Crippen molar-refractivity contribution in [1.29, 1.82) is 0 Å². The number of halogens is 1. The summed E-state index contributed by atoms with van der Waals surface area (Å²) in [5, 5.41) is 4.88. The minimum absolute atomic E-state index is 0.334. The van der Waals surface area contributed by atoms with Gasteiger partial charge in [0.15, 0.2) is 0 Å². The third-order valence-corrected chi connectivity index (χ3v) is 3.24. The van der Waals surface area contributed by atoms with Crippen LogP contribution >= 0.6 is 15.9 Å². The lowest BCUT2D eigenvalue weighted by molar-refractivity contribution is 0.0964. The zero-order valence-electron chi connectivity index (χ0n) is 11.1. The highest BCUT2D eigenvalue weighted by atomic mass is 79.9. The van der Waals surface area contributed by atoms with Gasteiger partial charge in [-0.3, -0.25) is 10.1 Å². The molecule has 0 spiro atoms. The van der Waals surface area contributed by atoms with E-state index in [2.05, 4.69) is 26.6 Å². The summed E-state index contributed by atoms with van der Waals surface area (Å²) in [6.45, 7) is 0.334. The Bertz CT molecular complexity index is 656. The lowest BCUT2D eigenvalue weighted by Crippen LogP contribution is -2.39. The van der Waals surface area contributed by atoms with E-state index < -0.39 is 11.9 Å². The highest BCUT2D eigenvalue weighted by Gasteiger charge is 2.09. The topological polar surface area (TPSA) is 84.2 Å². The Hall–Kier alpha value is -2.34. The average Bonchev–Trinajstić information content (AvgIpc) is 2.46. The van der Waals surface area contributed by atoms with E-state index in [1.807, 2.05) is 24.3 Å². The van der Waals surface area contributed by atoms with Crippen LogP contribution in [-0.4, -0.2) is 11.9 Å². The fourth-order valence-corrected chi connectivity index (χ4v) is 2.13. The minimum Gasteiger partial charge on any atom is -0.399 e. The van der Waals surface area contributed by atoms with E-state index in [-0.39, 0.29) is 0 Å². The normalized spacial score (nSPS) is 9.95.